The number of benzene rings is 1. The van der Waals surface area contributed by atoms with Crippen LogP contribution in [0.2, 0.25) is 0 Å². The van der Waals surface area contributed by atoms with Gasteiger partial charge in [-0.2, -0.15) is 0 Å². The second-order valence-corrected chi connectivity index (χ2v) is 5.49. The van der Waals surface area contributed by atoms with Gasteiger partial charge in [-0.05, 0) is 43.9 Å². The van der Waals surface area contributed by atoms with Gasteiger partial charge in [-0.3, -0.25) is 4.79 Å². The van der Waals surface area contributed by atoms with Crippen molar-refractivity contribution >= 4 is 18.3 Å². The minimum atomic E-state index is 0. The predicted molar refractivity (Wildman–Crippen MR) is 87.1 cm³/mol. The number of rotatable bonds is 5. The third-order valence-corrected chi connectivity index (χ3v) is 3.89. The molecule has 1 amide bonds. The summed E-state index contributed by atoms with van der Waals surface area (Å²) in [6.45, 7) is 5.87. The highest BCUT2D eigenvalue weighted by atomic mass is 35.5. The molecule has 0 spiro atoms. The van der Waals surface area contributed by atoms with E-state index in [0.717, 1.165) is 30.7 Å². The number of nitrogens with zero attached hydrogens (tertiary/aromatic N) is 1. The van der Waals surface area contributed by atoms with Crippen LogP contribution in [-0.4, -0.2) is 36.5 Å². The van der Waals surface area contributed by atoms with Crippen molar-refractivity contribution in [2.45, 2.75) is 39.2 Å². The average Bonchev–Trinajstić information content (AvgIpc) is 2.91. The molecule has 1 aliphatic heterocycles. The zero-order chi connectivity index (χ0) is 14.5. The lowest BCUT2D eigenvalue weighted by atomic mass is 10.1. The van der Waals surface area contributed by atoms with E-state index in [9.17, 15) is 4.79 Å². The smallest absolute Gasteiger partial charge is 0.226 e. The van der Waals surface area contributed by atoms with Crippen LogP contribution < -0.4 is 10.5 Å². The standard InChI is InChI=1S/C16H24N2O2.ClH/c1-12-5-6-13(2)15(10-12)20-9-7-16(19)18-8-3-4-14(18)11-17;/h5-6,10,14H,3-4,7-9,11,17H2,1-2H3;1H. The number of aryl methyl sites for hydroxylation is 2. The van der Waals surface area contributed by atoms with Crippen LogP contribution in [0.1, 0.15) is 30.4 Å². The quantitative estimate of drug-likeness (QED) is 0.908. The van der Waals surface area contributed by atoms with Gasteiger partial charge in [-0.15, -0.1) is 12.4 Å². The van der Waals surface area contributed by atoms with Gasteiger partial charge in [0.2, 0.25) is 5.91 Å². The number of amides is 1. The minimum Gasteiger partial charge on any atom is -0.493 e. The molecule has 0 radical (unpaired) electrons. The Balaban J connectivity index is 0.00000220. The van der Waals surface area contributed by atoms with E-state index in [-0.39, 0.29) is 24.4 Å². The van der Waals surface area contributed by atoms with Gasteiger partial charge in [-0.1, -0.05) is 12.1 Å². The summed E-state index contributed by atoms with van der Waals surface area (Å²) in [6, 6.07) is 6.34. The molecular weight excluding hydrogens is 288 g/mol. The minimum absolute atomic E-state index is 0. The molecule has 1 fully saturated rings. The van der Waals surface area contributed by atoms with Crippen LogP contribution in [0.4, 0.5) is 0 Å². The van der Waals surface area contributed by atoms with Crippen molar-refractivity contribution in [2.75, 3.05) is 19.7 Å². The zero-order valence-corrected chi connectivity index (χ0v) is 13.6. The van der Waals surface area contributed by atoms with E-state index in [0.29, 0.717) is 19.6 Å². The molecule has 0 saturated carbocycles. The molecular formula is C16H25ClN2O2. The number of likely N-dealkylation sites (tertiary alicyclic amines) is 1. The van der Waals surface area contributed by atoms with Crippen LogP contribution in [0.15, 0.2) is 18.2 Å². The van der Waals surface area contributed by atoms with Crippen molar-refractivity contribution in [3.05, 3.63) is 29.3 Å². The molecule has 2 rings (SSSR count). The summed E-state index contributed by atoms with van der Waals surface area (Å²) in [5.41, 5.74) is 7.96. The second kappa shape index (κ2) is 8.25. The normalized spacial score (nSPS) is 17.5. The van der Waals surface area contributed by atoms with E-state index >= 15 is 0 Å². The number of carbonyl (C=O) groups excluding carboxylic acids is 1. The van der Waals surface area contributed by atoms with E-state index in [1.807, 2.05) is 30.9 Å². The Morgan fingerprint density at radius 2 is 2.19 bits per heavy atom. The van der Waals surface area contributed by atoms with Crippen LogP contribution >= 0.6 is 12.4 Å². The first-order valence-corrected chi connectivity index (χ1v) is 7.31. The molecule has 1 aromatic rings. The fourth-order valence-electron chi connectivity index (χ4n) is 2.66. The Labute approximate surface area is 133 Å². The number of hydrogen-bond acceptors (Lipinski definition) is 3. The maximum absolute atomic E-state index is 12.1. The molecule has 1 heterocycles. The molecule has 5 heteroatoms. The monoisotopic (exact) mass is 312 g/mol. The number of carbonyl (C=O) groups is 1. The lowest BCUT2D eigenvalue weighted by Crippen LogP contribution is -2.40. The maximum atomic E-state index is 12.1. The summed E-state index contributed by atoms with van der Waals surface area (Å²) < 4.78 is 5.74. The fourth-order valence-corrected chi connectivity index (χ4v) is 2.66. The van der Waals surface area contributed by atoms with Crippen LogP contribution in [0.3, 0.4) is 0 Å². The first kappa shape index (κ1) is 17.8. The van der Waals surface area contributed by atoms with Crippen molar-refractivity contribution in [1.29, 1.82) is 0 Å². The third kappa shape index (κ3) is 4.61. The molecule has 1 saturated heterocycles. The molecule has 0 bridgehead atoms. The predicted octanol–water partition coefficient (Wildman–Crippen LogP) is 2.44. The van der Waals surface area contributed by atoms with Crippen LogP contribution in [0.25, 0.3) is 0 Å². The second-order valence-electron chi connectivity index (χ2n) is 5.49. The lowest BCUT2D eigenvalue weighted by molar-refractivity contribution is -0.132. The van der Waals surface area contributed by atoms with Crippen LogP contribution in [0.5, 0.6) is 5.75 Å². The number of ether oxygens (including phenoxy) is 1. The van der Waals surface area contributed by atoms with Crippen molar-refractivity contribution in [2.24, 2.45) is 5.73 Å². The summed E-state index contributed by atoms with van der Waals surface area (Å²) >= 11 is 0. The molecule has 118 valence electrons. The fraction of sp³-hybridized carbons (Fsp3) is 0.562. The molecule has 4 nitrogen and oxygen atoms in total. The Kier molecular flexibility index (Phi) is 6.99. The van der Waals surface area contributed by atoms with Gasteiger partial charge in [0.1, 0.15) is 5.75 Å². The Morgan fingerprint density at radius 1 is 1.43 bits per heavy atom. The summed E-state index contributed by atoms with van der Waals surface area (Å²) in [6.07, 6.45) is 2.51. The molecule has 1 unspecified atom stereocenters. The Bertz CT molecular complexity index is 479. The Hall–Kier alpha value is -1.26. The van der Waals surface area contributed by atoms with E-state index < -0.39 is 0 Å². The summed E-state index contributed by atoms with van der Waals surface area (Å²) in [5, 5.41) is 0. The molecule has 21 heavy (non-hydrogen) atoms. The molecule has 1 atom stereocenters. The average molecular weight is 313 g/mol. The van der Waals surface area contributed by atoms with Gasteiger partial charge in [-0.25, -0.2) is 0 Å². The molecule has 2 N–H and O–H groups in total. The van der Waals surface area contributed by atoms with E-state index in [2.05, 4.69) is 6.07 Å². The van der Waals surface area contributed by atoms with Crippen molar-refractivity contribution < 1.29 is 9.53 Å². The highest BCUT2D eigenvalue weighted by Gasteiger charge is 2.26. The van der Waals surface area contributed by atoms with Gasteiger partial charge < -0.3 is 15.4 Å². The first-order valence-electron chi connectivity index (χ1n) is 7.31. The van der Waals surface area contributed by atoms with Crippen LogP contribution in [0, 0.1) is 13.8 Å². The van der Waals surface area contributed by atoms with E-state index in [1.54, 1.807) is 0 Å². The van der Waals surface area contributed by atoms with E-state index in [1.165, 1.54) is 5.56 Å². The number of halogens is 1. The van der Waals surface area contributed by atoms with Gasteiger partial charge in [0, 0.05) is 19.1 Å². The van der Waals surface area contributed by atoms with Gasteiger partial charge in [0.25, 0.3) is 0 Å². The number of nitrogens with two attached hydrogens (primary N) is 1. The molecule has 0 aromatic heterocycles. The van der Waals surface area contributed by atoms with Gasteiger partial charge in [0.15, 0.2) is 0 Å². The van der Waals surface area contributed by atoms with Gasteiger partial charge >= 0.3 is 0 Å². The molecule has 0 aliphatic carbocycles. The zero-order valence-electron chi connectivity index (χ0n) is 12.8. The maximum Gasteiger partial charge on any atom is 0.226 e. The van der Waals surface area contributed by atoms with Crippen molar-refractivity contribution in [3.8, 4) is 5.75 Å². The van der Waals surface area contributed by atoms with Gasteiger partial charge in [0.05, 0.1) is 13.0 Å². The SMILES string of the molecule is Cc1ccc(C)c(OCCC(=O)N2CCCC2CN)c1.Cl. The van der Waals surface area contributed by atoms with Crippen molar-refractivity contribution in [1.82, 2.24) is 4.90 Å². The highest BCUT2D eigenvalue weighted by molar-refractivity contribution is 5.85. The molecule has 1 aromatic carbocycles. The summed E-state index contributed by atoms with van der Waals surface area (Å²) in [7, 11) is 0. The largest absolute Gasteiger partial charge is 0.493 e. The van der Waals surface area contributed by atoms with Crippen LogP contribution in [-0.2, 0) is 4.79 Å². The lowest BCUT2D eigenvalue weighted by Gasteiger charge is -2.23. The van der Waals surface area contributed by atoms with E-state index in [4.69, 9.17) is 10.5 Å². The summed E-state index contributed by atoms with van der Waals surface area (Å²) in [5.74, 6) is 1.03. The molecule has 1 aliphatic rings. The topological polar surface area (TPSA) is 55.6 Å². The van der Waals surface area contributed by atoms with Crippen molar-refractivity contribution in [3.63, 3.8) is 0 Å². The number of hydrogen-bond donors (Lipinski definition) is 1. The Morgan fingerprint density at radius 3 is 2.90 bits per heavy atom. The first-order chi connectivity index (χ1) is 9.61. The summed E-state index contributed by atoms with van der Waals surface area (Å²) in [4.78, 5) is 14.1. The highest BCUT2D eigenvalue weighted by Crippen LogP contribution is 2.20. The third-order valence-electron chi connectivity index (χ3n) is 3.89.